The average molecular weight is 354 g/mol. The van der Waals surface area contributed by atoms with E-state index in [4.69, 9.17) is 0 Å². The number of nitrogens with one attached hydrogen (secondary N) is 2. The third kappa shape index (κ3) is 3.94. The molecule has 138 valence electrons. The predicted octanol–water partition coefficient (Wildman–Crippen LogP) is 2.40. The molecule has 6 heteroatoms. The maximum atomic E-state index is 11.8. The Hall–Kier alpha value is -2.24. The summed E-state index contributed by atoms with van der Waals surface area (Å²) in [4.78, 5) is 23.6. The van der Waals surface area contributed by atoms with Crippen LogP contribution < -0.4 is 10.9 Å². The first-order valence-electron chi connectivity index (χ1n) is 9.68. The number of hydrogen-bond donors (Lipinski definition) is 2. The van der Waals surface area contributed by atoms with E-state index in [1.54, 1.807) is 0 Å². The minimum atomic E-state index is -0.239. The number of fused-ring (bicyclic) bond motifs is 4. The Morgan fingerprint density at radius 3 is 1.58 bits per heavy atom. The average Bonchev–Trinajstić information content (AvgIpc) is 3.41. The van der Waals surface area contributed by atoms with E-state index < -0.39 is 0 Å². The SMILES string of the molecule is O=C(CCC(=O)NN=CC1CC2C=CC1C2)NN=CC1CC2C=CC1C2. The second kappa shape index (κ2) is 7.56. The van der Waals surface area contributed by atoms with Gasteiger partial charge in [-0.3, -0.25) is 9.59 Å². The molecule has 0 radical (unpaired) electrons. The molecule has 2 saturated carbocycles. The molecule has 2 fully saturated rings. The van der Waals surface area contributed by atoms with Crippen LogP contribution in [0.15, 0.2) is 34.5 Å². The van der Waals surface area contributed by atoms with Gasteiger partial charge in [0.2, 0.25) is 11.8 Å². The van der Waals surface area contributed by atoms with Gasteiger partial charge in [-0.15, -0.1) is 0 Å². The summed E-state index contributed by atoms with van der Waals surface area (Å²) < 4.78 is 0. The molecule has 26 heavy (non-hydrogen) atoms. The molecule has 4 bridgehead atoms. The van der Waals surface area contributed by atoms with E-state index >= 15 is 0 Å². The Labute approximate surface area is 153 Å². The minimum absolute atomic E-state index is 0.117. The molecule has 6 unspecified atom stereocenters. The molecule has 0 aromatic rings. The highest BCUT2D eigenvalue weighted by Gasteiger charge is 2.35. The van der Waals surface area contributed by atoms with Crippen LogP contribution in [0.2, 0.25) is 0 Å². The maximum absolute atomic E-state index is 11.8. The van der Waals surface area contributed by atoms with E-state index in [2.05, 4.69) is 45.4 Å². The monoisotopic (exact) mass is 354 g/mol. The number of carbonyl (C=O) groups is 2. The Morgan fingerprint density at radius 2 is 1.23 bits per heavy atom. The Balaban J connectivity index is 1.10. The lowest BCUT2D eigenvalue weighted by Crippen LogP contribution is -2.24. The van der Waals surface area contributed by atoms with E-state index in [1.807, 2.05) is 12.4 Å². The van der Waals surface area contributed by atoms with E-state index in [1.165, 1.54) is 12.8 Å². The lowest BCUT2D eigenvalue weighted by molar-refractivity contribution is -0.126. The second-order valence-corrected chi connectivity index (χ2v) is 8.01. The maximum Gasteiger partial charge on any atom is 0.240 e. The molecule has 0 aromatic heterocycles. The van der Waals surface area contributed by atoms with Crippen molar-refractivity contribution in [3.8, 4) is 0 Å². The van der Waals surface area contributed by atoms with Gasteiger partial charge in [0.1, 0.15) is 0 Å². The van der Waals surface area contributed by atoms with Crippen molar-refractivity contribution in [2.45, 2.75) is 38.5 Å². The van der Waals surface area contributed by atoms with Gasteiger partial charge >= 0.3 is 0 Å². The van der Waals surface area contributed by atoms with Crippen LogP contribution in [-0.2, 0) is 9.59 Å². The molecule has 0 spiro atoms. The quantitative estimate of drug-likeness (QED) is 0.418. The highest BCUT2D eigenvalue weighted by Crippen LogP contribution is 2.43. The number of amides is 2. The molecule has 2 N–H and O–H groups in total. The molecule has 6 nitrogen and oxygen atoms in total. The van der Waals surface area contributed by atoms with Crippen LogP contribution >= 0.6 is 0 Å². The summed E-state index contributed by atoms with van der Waals surface area (Å²) in [5.41, 5.74) is 5.05. The first-order valence-corrected chi connectivity index (χ1v) is 9.68. The molecule has 2 amide bonds. The highest BCUT2D eigenvalue weighted by molar-refractivity contribution is 5.84. The number of rotatable bonds is 7. The molecule has 0 aliphatic heterocycles. The molecular weight excluding hydrogens is 328 g/mol. The van der Waals surface area contributed by atoms with Crippen molar-refractivity contribution >= 4 is 24.2 Å². The van der Waals surface area contributed by atoms with Crippen LogP contribution in [0.4, 0.5) is 0 Å². The van der Waals surface area contributed by atoms with Gasteiger partial charge in [0.25, 0.3) is 0 Å². The second-order valence-electron chi connectivity index (χ2n) is 8.01. The van der Waals surface area contributed by atoms with Gasteiger partial charge in [-0.05, 0) is 49.4 Å². The van der Waals surface area contributed by atoms with Crippen molar-refractivity contribution in [1.29, 1.82) is 0 Å². The zero-order valence-electron chi connectivity index (χ0n) is 14.9. The Morgan fingerprint density at radius 1 is 0.769 bits per heavy atom. The summed E-state index contributed by atoms with van der Waals surface area (Å²) >= 11 is 0. The fraction of sp³-hybridized carbons (Fsp3) is 0.600. The zero-order chi connectivity index (χ0) is 17.9. The Kier molecular flexibility index (Phi) is 5.00. The summed E-state index contributed by atoms with van der Waals surface area (Å²) in [7, 11) is 0. The van der Waals surface area contributed by atoms with Crippen molar-refractivity contribution in [3.63, 3.8) is 0 Å². The number of allylic oxidation sites excluding steroid dienone is 4. The fourth-order valence-electron chi connectivity index (χ4n) is 4.74. The Bertz CT molecular complexity index is 623. The number of nitrogens with zero attached hydrogens (tertiary/aromatic N) is 2. The zero-order valence-corrected chi connectivity index (χ0v) is 14.9. The van der Waals surface area contributed by atoms with E-state index in [0.717, 1.165) is 12.8 Å². The van der Waals surface area contributed by atoms with Crippen LogP contribution in [0.5, 0.6) is 0 Å². The van der Waals surface area contributed by atoms with E-state index in [0.29, 0.717) is 35.5 Å². The van der Waals surface area contributed by atoms with Crippen LogP contribution in [0, 0.1) is 35.5 Å². The highest BCUT2D eigenvalue weighted by atomic mass is 16.2. The van der Waals surface area contributed by atoms with Crippen LogP contribution in [0.25, 0.3) is 0 Å². The smallest absolute Gasteiger partial charge is 0.240 e. The molecule has 0 aromatic carbocycles. The number of hydrogen-bond acceptors (Lipinski definition) is 4. The molecule has 0 saturated heterocycles. The predicted molar refractivity (Wildman–Crippen MR) is 100 cm³/mol. The van der Waals surface area contributed by atoms with Gasteiger partial charge in [0.05, 0.1) is 0 Å². The summed E-state index contributed by atoms with van der Waals surface area (Å²) in [6.07, 6.45) is 17.7. The first kappa shape index (κ1) is 17.2. The lowest BCUT2D eigenvalue weighted by atomic mass is 9.95. The first-order chi connectivity index (χ1) is 12.7. The number of hydrazone groups is 2. The van der Waals surface area contributed by atoms with Crippen LogP contribution in [0.1, 0.15) is 38.5 Å². The normalized spacial score (nSPS) is 36.6. The topological polar surface area (TPSA) is 82.9 Å². The third-order valence-corrected chi connectivity index (χ3v) is 6.15. The van der Waals surface area contributed by atoms with Crippen molar-refractivity contribution < 1.29 is 9.59 Å². The van der Waals surface area contributed by atoms with Crippen molar-refractivity contribution in [2.24, 2.45) is 45.7 Å². The van der Waals surface area contributed by atoms with Gasteiger partial charge in [-0.25, -0.2) is 10.9 Å². The van der Waals surface area contributed by atoms with Crippen molar-refractivity contribution in [3.05, 3.63) is 24.3 Å². The molecule has 6 atom stereocenters. The van der Waals surface area contributed by atoms with Gasteiger partial charge < -0.3 is 0 Å². The van der Waals surface area contributed by atoms with Crippen molar-refractivity contribution in [1.82, 2.24) is 10.9 Å². The third-order valence-electron chi connectivity index (χ3n) is 6.15. The molecular formula is C20H26N4O2. The lowest BCUT2D eigenvalue weighted by Gasteiger charge is -2.12. The number of carbonyl (C=O) groups excluding carboxylic acids is 2. The largest absolute Gasteiger partial charge is 0.273 e. The van der Waals surface area contributed by atoms with Gasteiger partial charge in [-0.2, -0.15) is 10.2 Å². The summed E-state index contributed by atoms with van der Waals surface area (Å²) in [6, 6.07) is 0. The van der Waals surface area contributed by atoms with E-state index in [-0.39, 0.29) is 24.7 Å². The van der Waals surface area contributed by atoms with Crippen LogP contribution in [-0.4, -0.2) is 24.2 Å². The summed E-state index contributed by atoms with van der Waals surface area (Å²) in [5.74, 6) is 2.92. The minimum Gasteiger partial charge on any atom is -0.273 e. The molecule has 0 heterocycles. The van der Waals surface area contributed by atoms with Crippen molar-refractivity contribution in [2.75, 3.05) is 0 Å². The molecule has 4 aliphatic carbocycles. The van der Waals surface area contributed by atoms with Gasteiger partial charge in [-0.1, -0.05) is 24.3 Å². The molecule has 4 rings (SSSR count). The summed E-state index contributed by atoms with van der Waals surface area (Å²) in [5, 5.41) is 8.12. The summed E-state index contributed by atoms with van der Waals surface area (Å²) in [6.45, 7) is 0. The van der Waals surface area contributed by atoms with Crippen LogP contribution in [0.3, 0.4) is 0 Å². The fourth-order valence-corrected chi connectivity index (χ4v) is 4.74. The standard InChI is InChI=1S/C20H26N4O2/c25-19(23-21-11-17-9-13-1-3-15(17)7-13)5-6-20(26)24-22-12-18-10-14-2-4-16(18)8-14/h1-4,11-18H,5-10H2,(H,23,25)(H,24,26). The van der Waals surface area contributed by atoms with E-state index in [9.17, 15) is 9.59 Å². The molecule has 4 aliphatic rings. The van der Waals surface area contributed by atoms with Gasteiger partial charge in [0.15, 0.2) is 0 Å². The van der Waals surface area contributed by atoms with Gasteiger partial charge in [0, 0.05) is 37.1 Å².